The number of aliphatic hydroxyl groups excluding tert-OH is 4. The number of rotatable bonds is 71. The van der Waals surface area contributed by atoms with Gasteiger partial charge in [0.15, 0.2) is 40.7 Å². The molecular weight excluding hydrogens is 1520 g/mol. The van der Waals surface area contributed by atoms with Crippen molar-refractivity contribution in [2.45, 2.75) is 276 Å². The van der Waals surface area contributed by atoms with Gasteiger partial charge >= 0.3 is 5.97 Å². The minimum atomic E-state index is -1.81. The van der Waals surface area contributed by atoms with Crippen molar-refractivity contribution >= 4 is 99.8 Å². The summed E-state index contributed by atoms with van der Waals surface area (Å²) in [5.74, 6) is -23.1. The van der Waals surface area contributed by atoms with E-state index < -0.39 is 237 Å². The maximum atomic E-state index is 14.8. The van der Waals surface area contributed by atoms with Crippen LogP contribution in [0.5, 0.6) is 5.75 Å². The molecule has 12 atom stereocenters. The Hall–Kier alpha value is -9.23. The van der Waals surface area contributed by atoms with Crippen molar-refractivity contribution < 1.29 is 107 Å². The Bertz CT molecular complexity index is 3320. The number of ketones is 6. The van der Waals surface area contributed by atoms with Crippen LogP contribution in [0.1, 0.15) is 239 Å². The van der Waals surface area contributed by atoms with E-state index in [1.807, 2.05) is 0 Å². The number of nitrogens with zero attached hydrogens (tertiary/aromatic N) is 1. The van der Waals surface area contributed by atoms with Gasteiger partial charge in [-0.15, -0.1) is 0 Å². The Kier molecular flexibility index (Phi) is 55.3. The van der Waals surface area contributed by atoms with E-state index >= 15 is 0 Å². The van der Waals surface area contributed by atoms with Crippen LogP contribution in [0.25, 0.3) is 0 Å². The third kappa shape index (κ3) is 47.1. The number of carbonyl (C=O) groups excluding carboxylic acids is 15. The molecule has 36 nitrogen and oxygen atoms in total. The summed E-state index contributed by atoms with van der Waals surface area (Å²) < 4.78 is 0. The smallest absolute Gasteiger partial charge is 0.305 e. The summed E-state index contributed by atoms with van der Waals surface area (Å²) in [6, 6.07) is -2.15. The second-order valence-corrected chi connectivity index (χ2v) is 30.9. The Morgan fingerprint density at radius 2 is 0.863 bits per heavy atom. The molecule has 662 valence electrons. The number of aromatic hydroxyl groups is 1. The number of aliphatic imine (C=N–C) groups is 1. The highest BCUT2D eigenvalue weighted by atomic mass is 16.4. The topological polar surface area (TPSA) is 647 Å². The summed E-state index contributed by atoms with van der Waals surface area (Å²) in [7, 11) is 0. The molecule has 0 bridgehead atoms. The minimum absolute atomic E-state index is 0.00667. The van der Waals surface area contributed by atoms with Gasteiger partial charge in [-0.05, 0) is 114 Å². The molecule has 1 aromatic carbocycles. The van der Waals surface area contributed by atoms with Gasteiger partial charge in [0.1, 0.15) is 17.8 Å². The predicted octanol–water partition coefficient (Wildman–Crippen LogP) is 0.466. The first-order valence-corrected chi connectivity index (χ1v) is 41.3. The van der Waals surface area contributed by atoms with Crippen molar-refractivity contribution in [3.63, 3.8) is 0 Å². The zero-order chi connectivity index (χ0) is 88.0. The molecule has 0 unspecified atom stereocenters. The largest absolute Gasteiger partial charge is 0.508 e. The first-order valence-electron chi connectivity index (χ1n) is 41.3. The Labute approximate surface area is 686 Å². The van der Waals surface area contributed by atoms with E-state index in [4.69, 9.17) is 39.5 Å². The first kappa shape index (κ1) is 106. The third-order valence-corrected chi connectivity index (χ3v) is 20.2. The normalized spacial score (nSPS) is 14.4. The lowest BCUT2D eigenvalue weighted by molar-refractivity contribution is -0.141. The highest BCUT2D eigenvalue weighted by Crippen LogP contribution is 2.25. The van der Waals surface area contributed by atoms with Crippen LogP contribution in [0.2, 0.25) is 0 Å². The van der Waals surface area contributed by atoms with Gasteiger partial charge in [-0.1, -0.05) is 116 Å². The molecule has 0 radical (unpaired) electrons. The average molecular weight is 1660 g/mol. The summed E-state index contributed by atoms with van der Waals surface area (Å²) >= 11 is 0. The van der Waals surface area contributed by atoms with E-state index in [1.54, 1.807) is 13.8 Å². The van der Waals surface area contributed by atoms with Gasteiger partial charge in [0, 0.05) is 75.7 Å². The maximum absolute atomic E-state index is 14.8. The van der Waals surface area contributed by atoms with E-state index in [2.05, 4.69) is 49.1 Å². The zero-order valence-electron chi connectivity index (χ0n) is 68.9. The lowest BCUT2D eigenvalue weighted by Crippen LogP contribution is -2.52. The number of aliphatic carboxylic acids is 1. The maximum Gasteiger partial charge on any atom is 0.305 e. The van der Waals surface area contributed by atoms with Crippen LogP contribution in [0.3, 0.4) is 0 Å². The lowest BCUT2D eigenvalue weighted by Gasteiger charge is -2.27. The standard InChI is InChI=1S/C81H136N14O22/c1-5-6-7-8-9-10-11-12-13-14-15-16-17-26-72(108)89-45-60(102)39-56(47-96)75(112)90-46-59(101)38-55(37-52-27-29-58(100)30-28-52)78(115)93-64(31-32-71(84)107)67(103)40-53(23-18-20-33-82)76(113)91-62(24-19-21-34-83)68(104)41-54(36-50(2)3)77(114)92-63(25-22-35-88-81(86)87)69(105)42-57(48-97)79(116)95-66(49-98)70(106)43-61(51(4)99)80(117)94-65(74(85)111)44-73(109)110/h27-30,50-51,53-57,61-66,96-100H,5-26,31-49,82-83H2,1-4H3,(H2,84,107)(H2,85,111)(H,89,108)(H,90,112)(H,91,113)(H,92,114)(H,93,115)(H,94,117)(H,95,116)(H,109,110)(H4,86,87,88)/t51-,53-,54-,55-,56+,57+,61+,62+,63+,64+,65+,66+/m1/s1. The number of carbonyl (C=O) groups is 16. The average Bonchev–Trinajstić information content (AvgIpc) is 0.859. The van der Waals surface area contributed by atoms with Gasteiger partial charge in [-0.2, -0.15) is 0 Å². The number of Topliss-reactive ketones (excluding diaryl/α,β-unsaturated/α-hetero) is 6. The van der Waals surface area contributed by atoms with Crippen molar-refractivity contribution in [1.29, 1.82) is 0 Å². The fourth-order valence-electron chi connectivity index (χ4n) is 13.3. The Morgan fingerprint density at radius 1 is 0.427 bits per heavy atom. The number of nitrogens with two attached hydrogens (primary N) is 6. The SMILES string of the molecule is CCCCCCCCCCCCCCCC(=O)NCC(=O)C[C@@H](CO)C(=O)NCC(=O)C[C@@H](Cc1ccc(O)cc1)C(=O)N[C@@H](CCC(N)=O)C(=O)C[C@@H](CCCCN)C(=O)N[C@@H](CCCCN)C(=O)C[C@@H](CC(C)C)C(=O)N[C@@H](CCCN=C(N)N)C(=O)C[C@@H](CO)C(=O)N[C@@H](CO)C(=O)C[C@H](C(=O)N[C@@H](CC(=O)O)C(N)=O)[C@@H](C)O. The summed E-state index contributed by atoms with van der Waals surface area (Å²) in [6.07, 6.45) is 8.95. The van der Waals surface area contributed by atoms with Crippen LogP contribution in [0.4, 0.5) is 0 Å². The number of hydrogen-bond donors (Lipinski definition) is 19. The Morgan fingerprint density at radius 3 is 1.35 bits per heavy atom. The number of carboxylic acids is 1. The highest BCUT2D eigenvalue weighted by molar-refractivity contribution is 6.00. The molecule has 0 aliphatic heterocycles. The van der Waals surface area contributed by atoms with E-state index in [-0.39, 0.29) is 114 Å². The number of unbranched alkanes of at least 4 members (excludes halogenated alkanes) is 14. The van der Waals surface area contributed by atoms with Gasteiger partial charge in [-0.3, -0.25) is 81.7 Å². The van der Waals surface area contributed by atoms with Crippen molar-refractivity contribution in [2.24, 2.45) is 80.8 Å². The zero-order valence-corrected chi connectivity index (χ0v) is 68.9. The molecular formula is C81H136N14O22. The second-order valence-electron chi connectivity index (χ2n) is 30.9. The quantitative estimate of drug-likeness (QED) is 0.0239. The number of benzene rings is 1. The number of phenolic OH excluding ortho intramolecular Hbond substituents is 1. The number of phenols is 1. The van der Waals surface area contributed by atoms with Crippen LogP contribution >= 0.6 is 0 Å². The molecule has 0 aliphatic rings. The van der Waals surface area contributed by atoms with Crippen LogP contribution in [-0.4, -0.2) is 219 Å². The molecule has 0 saturated heterocycles. The van der Waals surface area contributed by atoms with E-state index in [0.717, 1.165) is 32.6 Å². The van der Waals surface area contributed by atoms with Crippen molar-refractivity contribution in [3.8, 4) is 5.75 Å². The summed E-state index contributed by atoms with van der Waals surface area (Å²) in [5.41, 5.74) is 34.1. The number of guanidine groups is 1. The van der Waals surface area contributed by atoms with E-state index in [1.165, 1.54) is 75.6 Å². The molecule has 0 spiro atoms. The fourth-order valence-corrected chi connectivity index (χ4v) is 13.3. The lowest BCUT2D eigenvalue weighted by atomic mass is 9.87. The molecule has 1 rings (SSSR count). The van der Waals surface area contributed by atoms with Gasteiger partial charge in [0.25, 0.3) is 0 Å². The van der Waals surface area contributed by atoms with Gasteiger partial charge in [0.05, 0.1) is 81.3 Å². The molecule has 36 heteroatoms. The van der Waals surface area contributed by atoms with Gasteiger partial charge in [0.2, 0.25) is 53.2 Å². The third-order valence-electron chi connectivity index (χ3n) is 20.2. The highest BCUT2D eigenvalue weighted by Gasteiger charge is 2.38. The van der Waals surface area contributed by atoms with E-state index in [0.29, 0.717) is 24.8 Å². The molecule has 0 aliphatic carbocycles. The van der Waals surface area contributed by atoms with Crippen LogP contribution in [0, 0.1) is 41.4 Å². The Balaban J connectivity index is 3.48. The van der Waals surface area contributed by atoms with Crippen LogP contribution in [0.15, 0.2) is 29.3 Å². The van der Waals surface area contributed by atoms with Crippen molar-refractivity contribution in [1.82, 2.24) is 37.2 Å². The van der Waals surface area contributed by atoms with E-state index in [9.17, 15) is 102 Å². The van der Waals surface area contributed by atoms with Gasteiger partial charge < -0.3 is 102 Å². The minimum Gasteiger partial charge on any atom is -0.508 e. The van der Waals surface area contributed by atoms with Crippen molar-refractivity contribution in [2.75, 3.05) is 52.5 Å². The molecule has 0 saturated carbocycles. The second kappa shape index (κ2) is 61.1. The first-order chi connectivity index (χ1) is 55.5. The number of amides is 9. The summed E-state index contributed by atoms with van der Waals surface area (Å²) in [6.45, 7) is 3.18. The number of hydrogen-bond acceptors (Lipinski definition) is 24. The molecule has 9 amide bonds. The predicted molar refractivity (Wildman–Crippen MR) is 434 cm³/mol. The summed E-state index contributed by atoms with van der Waals surface area (Å²) in [4.78, 5) is 220. The molecule has 0 heterocycles. The van der Waals surface area contributed by atoms with Gasteiger partial charge in [-0.25, -0.2) is 0 Å². The number of nitrogens with one attached hydrogen (secondary N) is 7. The molecule has 1 aromatic rings. The molecule has 25 N–H and O–H groups in total. The van der Waals surface area contributed by atoms with Crippen LogP contribution in [-0.2, 0) is 83.1 Å². The number of carboxylic acid groups (broad SMARTS) is 1. The molecule has 0 fully saturated rings. The number of primary amides is 2. The molecule has 117 heavy (non-hydrogen) atoms. The monoisotopic (exact) mass is 1660 g/mol. The van der Waals surface area contributed by atoms with Crippen LogP contribution < -0.4 is 71.6 Å². The fraction of sp³-hybridized carbons (Fsp3) is 0.716. The molecule has 0 aromatic heterocycles. The summed E-state index contributed by atoms with van der Waals surface area (Å²) in [5, 5.41) is 77.9. The van der Waals surface area contributed by atoms with Crippen molar-refractivity contribution in [3.05, 3.63) is 29.8 Å². The number of aliphatic hydroxyl groups is 4.